The van der Waals surface area contributed by atoms with E-state index >= 15 is 0 Å². The molecule has 0 aliphatic heterocycles. The summed E-state index contributed by atoms with van der Waals surface area (Å²) in [5, 5.41) is 8.20. The topological polar surface area (TPSA) is 36.9 Å². The van der Waals surface area contributed by atoms with Gasteiger partial charge in [-0.2, -0.15) is 5.26 Å². The zero-order chi connectivity index (χ0) is 5.98. The zero-order valence-electron chi connectivity index (χ0n) is 3.89. The summed E-state index contributed by atoms with van der Waals surface area (Å²) in [6.45, 7) is 0. The summed E-state index contributed by atoms with van der Waals surface area (Å²) in [7, 11) is 0. The van der Waals surface area contributed by atoms with Crippen LogP contribution in [-0.4, -0.2) is 0 Å². The van der Waals surface area contributed by atoms with Gasteiger partial charge in [-0.1, -0.05) is 0 Å². The Bertz CT molecular complexity index is 223. The predicted octanol–water partition coefficient (Wildman–Crippen LogP) is 1.76. The Balaban J connectivity index is 3.05. The number of halogens is 1. The molecule has 1 aromatic heterocycles. The summed E-state index contributed by atoms with van der Waals surface area (Å²) in [5.41, 5.74) is 0. The second-order valence-corrected chi connectivity index (χ2v) is 2.49. The van der Waals surface area contributed by atoms with Crippen molar-refractivity contribution in [3.63, 3.8) is 0 Å². The third-order valence-electron chi connectivity index (χ3n) is 0.678. The quantitative estimate of drug-likeness (QED) is 0.623. The van der Waals surface area contributed by atoms with Gasteiger partial charge >= 0.3 is 0 Å². The first-order chi connectivity index (χ1) is 3.83. The Morgan fingerprint density at radius 3 is 2.75 bits per heavy atom. The molecule has 0 saturated carbocycles. The molecule has 0 amide bonds. The van der Waals surface area contributed by atoms with Crippen molar-refractivity contribution in [1.82, 2.24) is 0 Å². The fourth-order valence-electron chi connectivity index (χ4n) is 0.372. The first-order valence-corrected chi connectivity index (χ1v) is 3.05. The van der Waals surface area contributed by atoms with Crippen molar-refractivity contribution in [2.24, 2.45) is 0 Å². The Morgan fingerprint density at radius 2 is 2.50 bits per heavy atom. The Hall–Kier alpha value is -0.500. The maximum atomic E-state index is 8.20. The summed E-state index contributed by atoms with van der Waals surface area (Å²) in [6, 6.07) is 3.56. The Labute approximate surface area is 60.2 Å². The lowest BCUT2D eigenvalue weighted by atomic mass is 10.5. The van der Waals surface area contributed by atoms with Crippen LogP contribution in [0.5, 0.6) is 0 Å². The standard InChI is InChI=1S/C5H2INO/c6-4-1-5(2-7)8-3-4/h1,3H. The van der Waals surface area contributed by atoms with Gasteiger partial charge in [0, 0.05) is 6.07 Å². The average Bonchev–Trinajstić information content (AvgIpc) is 2.14. The molecule has 3 heteroatoms. The summed E-state index contributed by atoms with van der Waals surface area (Å²) in [6.07, 6.45) is 1.54. The lowest BCUT2D eigenvalue weighted by Gasteiger charge is -1.65. The van der Waals surface area contributed by atoms with Crippen LogP contribution < -0.4 is 0 Å². The van der Waals surface area contributed by atoms with Gasteiger partial charge in [0.1, 0.15) is 12.3 Å². The molecule has 0 radical (unpaired) electrons. The molecular formula is C5H2INO. The average molecular weight is 219 g/mol. The normalized spacial score (nSPS) is 8.50. The van der Waals surface area contributed by atoms with E-state index in [1.807, 2.05) is 6.07 Å². The highest BCUT2D eigenvalue weighted by Gasteiger charge is 1.93. The number of nitrogens with zero attached hydrogens (tertiary/aromatic N) is 1. The van der Waals surface area contributed by atoms with Crippen molar-refractivity contribution in [2.75, 3.05) is 0 Å². The summed E-state index contributed by atoms with van der Waals surface area (Å²) < 4.78 is 5.70. The minimum Gasteiger partial charge on any atom is -0.453 e. The van der Waals surface area contributed by atoms with Gasteiger partial charge in [-0.3, -0.25) is 0 Å². The van der Waals surface area contributed by atoms with Crippen LogP contribution >= 0.6 is 22.6 Å². The van der Waals surface area contributed by atoms with Gasteiger partial charge in [-0.05, 0) is 22.6 Å². The Morgan fingerprint density at radius 1 is 1.75 bits per heavy atom. The van der Waals surface area contributed by atoms with Crippen LogP contribution in [0.3, 0.4) is 0 Å². The van der Waals surface area contributed by atoms with Crippen LogP contribution in [0.4, 0.5) is 0 Å². The van der Waals surface area contributed by atoms with E-state index in [-0.39, 0.29) is 0 Å². The maximum absolute atomic E-state index is 8.20. The third-order valence-corrected chi connectivity index (χ3v) is 1.24. The molecule has 0 aliphatic carbocycles. The highest BCUT2D eigenvalue weighted by Crippen LogP contribution is 2.07. The van der Waals surface area contributed by atoms with Crippen molar-refractivity contribution < 1.29 is 4.42 Å². The van der Waals surface area contributed by atoms with Gasteiger partial charge in [0.25, 0.3) is 0 Å². The van der Waals surface area contributed by atoms with E-state index in [1.165, 1.54) is 0 Å². The summed E-state index contributed by atoms with van der Waals surface area (Å²) >= 11 is 2.08. The maximum Gasteiger partial charge on any atom is 0.204 e. The van der Waals surface area contributed by atoms with Gasteiger partial charge < -0.3 is 4.42 Å². The van der Waals surface area contributed by atoms with E-state index in [0.717, 1.165) is 3.57 Å². The van der Waals surface area contributed by atoms with Gasteiger partial charge in [0.05, 0.1) is 3.57 Å². The predicted molar refractivity (Wildman–Crippen MR) is 36.1 cm³/mol. The molecule has 0 bridgehead atoms. The van der Waals surface area contributed by atoms with E-state index in [4.69, 9.17) is 9.68 Å². The van der Waals surface area contributed by atoms with Gasteiger partial charge in [-0.15, -0.1) is 0 Å². The van der Waals surface area contributed by atoms with E-state index in [2.05, 4.69) is 22.6 Å². The molecule has 0 N–H and O–H groups in total. The minimum atomic E-state index is 0.370. The fraction of sp³-hybridized carbons (Fsp3) is 0. The van der Waals surface area contributed by atoms with Crippen LogP contribution in [0, 0.1) is 14.9 Å². The van der Waals surface area contributed by atoms with Gasteiger partial charge in [0.15, 0.2) is 0 Å². The van der Waals surface area contributed by atoms with Crippen molar-refractivity contribution in [3.05, 3.63) is 21.7 Å². The fourth-order valence-corrected chi connectivity index (χ4v) is 0.782. The molecule has 1 heterocycles. The molecular weight excluding hydrogens is 217 g/mol. The highest BCUT2D eigenvalue weighted by atomic mass is 127. The minimum absolute atomic E-state index is 0.370. The van der Waals surface area contributed by atoms with E-state index < -0.39 is 0 Å². The number of hydrogen-bond donors (Lipinski definition) is 0. The third kappa shape index (κ3) is 1.01. The first kappa shape index (κ1) is 5.63. The largest absolute Gasteiger partial charge is 0.453 e. The molecule has 0 spiro atoms. The van der Waals surface area contributed by atoms with Crippen LogP contribution in [0.2, 0.25) is 0 Å². The molecule has 40 valence electrons. The number of furan rings is 1. The molecule has 0 fully saturated rings. The van der Waals surface area contributed by atoms with Crippen molar-refractivity contribution in [1.29, 1.82) is 5.26 Å². The van der Waals surface area contributed by atoms with Crippen molar-refractivity contribution >= 4 is 22.6 Å². The molecule has 0 unspecified atom stereocenters. The lowest BCUT2D eigenvalue weighted by molar-refractivity contribution is 0.551. The molecule has 0 saturated heterocycles. The zero-order valence-corrected chi connectivity index (χ0v) is 6.05. The van der Waals surface area contributed by atoms with Crippen molar-refractivity contribution in [3.8, 4) is 6.07 Å². The number of hydrogen-bond acceptors (Lipinski definition) is 2. The van der Waals surface area contributed by atoms with Gasteiger partial charge in [-0.25, -0.2) is 0 Å². The number of nitriles is 1. The highest BCUT2D eigenvalue weighted by molar-refractivity contribution is 14.1. The summed E-state index contributed by atoms with van der Waals surface area (Å²) in [5.74, 6) is 0.370. The SMILES string of the molecule is N#Cc1cc(I)co1. The van der Waals surface area contributed by atoms with E-state index in [9.17, 15) is 0 Å². The number of rotatable bonds is 0. The van der Waals surface area contributed by atoms with Crippen LogP contribution in [-0.2, 0) is 0 Å². The van der Waals surface area contributed by atoms with Crippen LogP contribution in [0.1, 0.15) is 5.76 Å². The van der Waals surface area contributed by atoms with Crippen LogP contribution in [0.25, 0.3) is 0 Å². The smallest absolute Gasteiger partial charge is 0.204 e. The monoisotopic (exact) mass is 219 g/mol. The van der Waals surface area contributed by atoms with Crippen molar-refractivity contribution in [2.45, 2.75) is 0 Å². The van der Waals surface area contributed by atoms with E-state index in [0.29, 0.717) is 5.76 Å². The Kier molecular flexibility index (Phi) is 1.53. The molecule has 8 heavy (non-hydrogen) atoms. The second kappa shape index (κ2) is 2.18. The lowest BCUT2D eigenvalue weighted by Crippen LogP contribution is -1.57. The van der Waals surface area contributed by atoms with Gasteiger partial charge in [0.2, 0.25) is 5.76 Å². The first-order valence-electron chi connectivity index (χ1n) is 1.97. The molecule has 2 nitrogen and oxygen atoms in total. The molecule has 0 aliphatic rings. The molecule has 0 aromatic carbocycles. The molecule has 0 atom stereocenters. The molecule has 1 rings (SSSR count). The van der Waals surface area contributed by atoms with Crippen LogP contribution in [0.15, 0.2) is 16.7 Å². The molecule has 1 aromatic rings. The summed E-state index contributed by atoms with van der Waals surface area (Å²) in [4.78, 5) is 0. The second-order valence-electron chi connectivity index (χ2n) is 1.24. The van der Waals surface area contributed by atoms with E-state index in [1.54, 1.807) is 12.3 Å².